The van der Waals surface area contributed by atoms with E-state index in [1.807, 2.05) is 6.92 Å². The van der Waals surface area contributed by atoms with Crippen LogP contribution < -0.4 is 11.1 Å². The van der Waals surface area contributed by atoms with Gasteiger partial charge in [-0.15, -0.1) is 0 Å². The number of nitrogens with one attached hydrogen (secondary N) is 1. The van der Waals surface area contributed by atoms with Gasteiger partial charge in [-0.25, -0.2) is 0 Å². The maximum absolute atomic E-state index is 11.9. The average Bonchev–Trinajstić information content (AvgIpc) is 2.22. The van der Waals surface area contributed by atoms with E-state index < -0.39 is 0 Å². The minimum atomic E-state index is -0.297. The predicted octanol–water partition coefficient (Wildman–Crippen LogP) is 1.99. The molecule has 0 spiro atoms. The maximum Gasteiger partial charge on any atom is 0.230 e. The minimum Gasteiger partial charge on any atom is -0.393 e. The summed E-state index contributed by atoms with van der Waals surface area (Å²) in [6.45, 7) is 4.20. The fourth-order valence-electron chi connectivity index (χ4n) is 2.22. The molecule has 1 amide bonds. The molecule has 1 unspecified atom stereocenters. The lowest BCUT2D eigenvalue weighted by molar-refractivity contribution is -0.124. The second kappa shape index (κ2) is 6.18. The molecule has 92 valence electrons. The molecule has 1 aliphatic carbocycles. The molecule has 0 aromatic carbocycles. The molecule has 1 aliphatic rings. The van der Waals surface area contributed by atoms with E-state index >= 15 is 0 Å². The third-order valence-corrected chi connectivity index (χ3v) is 3.71. The van der Waals surface area contributed by atoms with E-state index in [1.165, 1.54) is 12.8 Å². The monoisotopic (exact) mass is 242 g/mol. The summed E-state index contributed by atoms with van der Waals surface area (Å²) in [6.07, 6.45) is 5.26. The summed E-state index contributed by atoms with van der Waals surface area (Å²) in [7, 11) is 0. The molecule has 1 rings (SSSR count). The highest BCUT2D eigenvalue weighted by molar-refractivity contribution is 7.80. The fraction of sp³-hybridized carbons (Fsp3) is 0.833. The van der Waals surface area contributed by atoms with E-state index in [2.05, 4.69) is 12.2 Å². The molecular weight excluding hydrogens is 220 g/mol. The van der Waals surface area contributed by atoms with Crippen molar-refractivity contribution >= 4 is 23.1 Å². The van der Waals surface area contributed by atoms with E-state index in [0.717, 1.165) is 18.8 Å². The third kappa shape index (κ3) is 3.74. The molecule has 1 saturated carbocycles. The zero-order valence-electron chi connectivity index (χ0n) is 10.2. The van der Waals surface area contributed by atoms with E-state index in [4.69, 9.17) is 18.0 Å². The second-order valence-corrected chi connectivity index (χ2v) is 5.30. The molecule has 16 heavy (non-hydrogen) atoms. The van der Waals surface area contributed by atoms with Crippen LogP contribution in [0.5, 0.6) is 0 Å². The lowest BCUT2D eigenvalue weighted by Gasteiger charge is -2.28. The number of amides is 1. The van der Waals surface area contributed by atoms with Crippen molar-refractivity contribution in [1.29, 1.82) is 0 Å². The van der Waals surface area contributed by atoms with E-state index in [1.54, 1.807) is 0 Å². The van der Waals surface area contributed by atoms with Gasteiger partial charge >= 0.3 is 0 Å². The number of carbonyl (C=O) groups excluding carboxylic acids is 1. The average molecular weight is 242 g/mol. The van der Waals surface area contributed by atoms with Crippen molar-refractivity contribution in [2.45, 2.75) is 52.0 Å². The van der Waals surface area contributed by atoms with Gasteiger partial charge in [-0.3, -0.25) is 4.79 Å². The number of nitrogens with two attached hydrogens (primary N) is 1. The van der Waals surface area contributed by atoms with Gasteiger partial charge in [0.1, 0.15) is 0 Å². The maximum atomic E-state index is 11.9. The summed E-state index contributed by atoms with van der Waals surface area (Å²) in [6, 6.07) is 0.326. The van der Waals surface area contributed by atoms with E-state index in [-0.39, 0.29) is 11.8 Å². The molecule has 1 fully saturated rings. The van der Waals surface area contributed by atoms with Crippen LogP contribution in [-0.4, -0.2) is 16.9 Å². The molecule has 0 aliphatic heterocycles. The van der Waals surface area contributed by atoms with E-state index in [0.29, 0.717) is 17.5 Å². The summed E-state index contributed by atoms with van der Waals surface area (Å²) in [5.74, 6) is 0.509. The number of hydrogen-bond acceptors (Lipinski definition) is 2. The Morgan fingerprint density at radius 1 is 1.44 bits per heavy atom. The van der Waals surface area contributed by atoms with Gasteiger partial charge in [0.15, 0.2) is 0 Å². The first-order chi connectivity index (χ1) is 7.54. The van der Waals surface area contributed by atoms with Crippen LogP contribution in [0.3, 0.4) is 0 Å². The van der Waals surface area contributed by atoms with Gasteiger partial charge in [0.05, 0.1) is 10.9 Å². The normalized spacial score (nSPS) is 27.1. The highest BCUT2D eigenvalue weighted by atomic mass is 32.1. The fourth-order valence-corrected chi connectivity index (χ4v) is 2.50. The molecule has 0 radical (unpaired) electrons. The Kier molecular flexibility index (Phi) is 5.19. The van der Waals surface area contributed by atoms with Crippen molar-refractivity contribution in [3.63, 3.8) is 0 Å². The van der Waals surface area contributed by atoms with Crippen molar-refractivity contribution in [3.8, 4) is 0 Å². The molecule has 1 atom stereocenters. The van der Waals surface area contributed by atoms with Gasteiger partial charge in [0.2, 0.25) is 5.91 Å². The Hall–Kier alpha value is -0.640. The van der Waals surface area contributed by atoms with Gasteiger partial charge in [0.25, 0.3) is 0 Å². The number of thiocarbonyl (C=S) groups is 1. The van der Waals surface area contributed by atoms with Crippen LogP contribution in [0, 0.1) is 11.8 Å². The SMILES string of the molecule is CCC(C(=O)NC1CCC(C)CC1)C(N)=S. The van der Waals surface area contributed by atoms with Gasteiger partial charge < -0.3 is 11.1 Å². The minimum absolute atomic E-state index is 0.00885. The molecule has 0 aromatic rings. The van der Waals surface area contributed by atoms with Crippen molar-refractivity contribution in [1.82, 2.24) is 5.32 Å². The zero-order valence-corrected chi connectivity index (χ0v) is 11.0. The van der Waals surface area contributed by atoms with E-state index in [9.17, 15) is 4.79 Å². The van der Waals surface area contributed by atoms with Gasteiger partial charge in [-0.05, 0) is 38.0 Å². The lowest BCUT2D eigenvalue weighted by atomic mass is 9.87. The summed E-state index contributed by atoms with van der Waals surface area (Å²) < 4.78 is 0. The number of rotatable bonds is 4. The smallest absolute Gasteiger partial charge is 0.230 e. The zero-order chi connectivity index (χ0) is 12.1. The molecule has 3 N–H and O–H groups in total. The summed E-state index contributed by atoms with van der Waals surface area (Å²) in [4.78, 5) is 12.2. The molecule has 0 heterocycles. The Balaban J connectivity index is 2.41. The van der Waals surface area contributed by atoms with Crippen LogP contribution in [0.15, 0.2) is 0 Å². The molecule has 4 heteroatoms. The Labute approximate surface area is 103 Å². The van der Waals surface area contributed by atoms with Crippen LogP contribution >= 0.6 is 12.2 Å². The van der Waals surface area contributed by atoms with Gasteiger partial charge in [-0.1, -0.05) is 26.1 Å². The van der Waals surface area contributed by atoms with Crippen LogP contribution in [0.2, 0.25) is 0 Å². The van der Waals surface area contributed by atoms with Gasteiger partial charge in [0, 0.05) is 6.04 Å². The Bertz CT molecular complexity index is 260. The first kappa shape index (κ1) is 13.4. The largest absolute Gasteiger partial charge is 0.393 e. The quantitative estimate of drug-likeness (QED) is 0.741. The molecule has 3 nitrogen and oxygen atoms in total. The van der Waals surface area contributed by atoms with Crippen molar-refractivity contribution in [2.75, 3.05) is 0 Å². The van der Waals surface area contributed by atoms with Crippen LogP contribution in [-0.2, 0) is 4.79 Å². The third-order valence-electron chi connectivity index (χ3n) is 3.43. The Morgan fingerprint density at radius 3 is 2.44 bits per heavy atom. The second-order valence-electron chi connectivity index (χ2n) is 4.83. The van der Waals surface area contributed by atoms with Crippen molar-refractivity contribution in [2.24, 2.45) is 17.6 Å². The predicted molar refractivity (Wildman–Crippen MR) is 70.1 cm³/mol. The number of hydrogen-bond donors (Lipinski definition) is 2. The highest BCUT2D eigenvalue weighted by Gasteiger charge is 2.24. The molecule has 0 aromatic heterocycles. The van der Waals surface area contributed by atoms with Crippen molar-refractivity contribution < 1.29 is 4.79 Å². The summed E-state index contributed by atoms with van der Waals surface area (Å²) in [5, 5.41) is 3.07. The topological polar surface area (TPSA) is 55.1 Å². The summed E-state index contributed by atoms with van der Waals surface area (Å²) in [5.41, 5.74) is 5.55. The molecular formula is C12H22N2OS. The first-order valence-electron chi connectivity index (χ1n) is 6.14. The van der Waals surface area contributed by atoms with Crippen LogP contribution in [0.4, 0.5) is 0 Å². The van der Waals surface area contributed by atoms with Crippen LogP contribution in [0.1, 0.15) is 46.0 Å². The lowest BCUT2D eigenvalue weighted by Crippen LogP contribution is -2.44. The van der Waals surface area contributed by atoms with Gasteiger partial charge in [-0.2, -0.15) is 0 Å². The number of carbonyl (C=O) groups is 1. The Morgan fingerprint density at radius 2 is 2.00 bits per heavy atom. The highest BCUT2D eigenvalue weighted by Crippen LogP contribution is 2.23. The van der Waals surface area contributed by atoms with Crippen molar-refractivity contribution in [3.05, 3.63) is 0 Å². The summed E-state index contributed by atoms with van der Waals surface area (Å²) >= 11 is 4.90. The van der Waals surface area contributed by atoms with Crippen LogP contribution in [0.25, 0.3) is 0 Å². The molecule has 0 bridgehead atoms. The molecule has 0 saturated heterocycles. The standard InChI is InChI=1S/C12H22N2OS/c1-3-10(11(13)16)12(15)14-9-6-4-8(2)5-7-9/h8-10H,3-7H2,1-2H3,(H2,13,16)(H,14,15). The first-order valence-corrected chi connectivity index (χ1v) is 6.55.